The zero-order valence-electron chi connectivity index (χ0n) is 15.4. The second-order valence-electron chi connectivity index (χ2n) is 9.99. The number of carbonyl (C=O) groups is 1. The first-order valence-electron chi connectivity index (χ1n) is 10.7. The Morgan fingerprint density at radius 1 is 1.04 bits per heavy atom. The lowest BCUT2D eigenvalue weighted by Crippen LogP contribution is -2.56. The number of halogens is 1. The monoisotopic (exact) mass is 365 g/mol. The van der Waals surface area contributed by atoms with Gasteiger partial charge in [0, 0.05) is 16.8 Å². The SMILES string of the molecule is O=C(OC[C@H]1CCCN2CCCC[C@@H]12)C12C[C@H]3C[C@@H](CC(Cl)(C3)C1)C2. The minimum Gasteiger partial charge on any atom is -0.465 e. The molecule has 4 atom stereocenters. The Morgan fingerprint density at radius 3 is 2.56 bits per heavy atom. The molecule has 6 fully saturated rings. The topological polar surface area (TPSA) is 29.5 Å². The molecule has 3 nitrogen and oxygen atoms in total. The number of piperidine rings is 2. The number of ether oxygens (including phenoxy) is 1. The number of alkyl halides is 1. The molecule has 4 heteroatoms. The molecule has 4 saturated carbocycles. The van der Waals surface area contributed by atoms with Crippen LogP contribution in [0.3, 0.4) is 0 Å². The second-order valence-corrected chi connectivity index (χ2v) is 10.8. The molecule has 0 spiro atoms. The van der Waals surface area contributed by atoms with E-state index in [0.29, 0.717) is 30.4 Å². The molecule has 0 aromatic carbocycles. The van der Waals surface area contributed by atoms with Crippen LogP contribution < -0.4 is 0 Å². The van der Waals surface area contributed by atoms with Gasteiger partial charge in [0.2, 0.25) is 0 Å². The summed E-state index contributed by atoms with van der Waals surface area (Å²) in [6.07, 6.45) is 13.0. The summed E-state index contributed by atoms with van der Waals surface area (Å²) in [5.74, 6) is 1.97. The molecule has 0 unspecified atom stereocenters. The Morgan fingerprint density at radius 2 is 1.80 bits per heavy atom. The summed E-state index contributed by atoms with van der Waals surface area (Å²) in [4.78, 5) is 15.7. The molecule has 6 aliphatic rings. The standard InChI is InChI=1S/C21H32ClNO2/c22-21-11-15-8-16(12-21)10-20(9-15,14-21)19(24)25-13-17-4-3-7-23-6-2-1-5-18(17)23/h15-18H,1-14H2/t15-,16-,17-,18+,20?,21?/m1/s1. The minimum atomic E-state index is -0.243. The van der Waals surface area contributed by atoms with Crippen LogP contribution in [0.2, 0.25) is 0 Å². The summed E-state index contributed by atoms with van der Waals surface area (Å²) >= 11 is 6.89. The number of hydrogen-bond donors (Lipinski definition) is 0. The Balaban J connectivity index is 1.25. The molecule has 6 rings (SSSR count). The van der Waals surface area contributed by atoms with E-state index in [-0.39, 0.29) is 16.3 Å². The third kappa shape index (κ3) is 2.94. The highest BCUT2D eigenvalue weighted by Gasteiger charge is 2.60. The van der Waals surface area contributed by atoms with E-state index in [1.807, 2.05) is 0 Å². The third-order valence-electron chi connectivity index (χ3n) is 8.08. The predicted molar refractivity (Wildman–Crippen MR) is 98.6 cm³/mol. The zero-order valence-corrected chi connectivity index (χ0v) is 16.1. The molecular weight excluding hydrogens is 334 g/mol. The van der Waals surface area contributed by atoms with Gasteiger partial charge in [-0.05, 0) is 89.1 Å². The lowest BCUT2D eigenvalue weighted by Gasteiger charge is -2.58. The molecule has 0 aromatic rings. The van der Waals surface area contributed by atoms with Crippen LogP contribution in [-0.2, 0) is 9.53 Å². The summed E-state index contributed by atoms with van der Waals surface area (Å²) in [7, 11) is 0. The molecule has 2 aliphatic heterocycles. The van der Waals surface area contributed by atoms with Gasteiger partial charge < -0.3 is 4.74 Å². The normalized spacial score (nSPS) is 49.0. The maximum absolute atomic E-state index is 13.1. The fourth-order valence-corrected chi connectivity index (χ4v) is 8.19. The Kier molecular flexibility index (Phi) is 4.13. The first-order valence-corrected chi connectivity index (χ1v) is 11.0. The number of fused-ring (bicyclic) bond motifs is 1. The van der Waals surface area contributed by atoms with Crippen molar-refractivity contribution >= 4 is 17.6 Å². The molecule has 0 N–H and O–H groups in total. The molecular formula is C21H32ClNO2. The maximum Gasteiger partial charge on any atom is 0.312 e. The molecule has 2 heterocycles. The van der Waals surface area contributed by atoms with E-state index in [9.17, 15) is 4.79 Å². The van der Waals surface area contributed by atoms with E-state index < -0.39 is 0 Å². The Hall–Kier alpha value is -0.280. The highest BCUT2D eigenvalue weighted by molar-refractivity contribution is 6.24. The summed E-state index contributed by atoms with van der Waals surface area (Å²) in [6.45, 7) is 3.14. The molecule has 4 aliphatic carbocycles. The van der Waals surface area contributed by atoms with Crippen molar-refractivity contribution < 1.29 is 9.53 Å². The number of carbonyl (C=O) groups excluding carboxylic acids is 1. The highest BCUT2D eigenvalue weighted by atomic mass is 35.5. The Labute approximate surface area is 156 Å². The van der Waals surface area contributed by atoms with Crippen LogP contribution in [0.5, 0.6) is 0 Å². The predicted octanol–water partition coefficient (Wildman–Crippen LogP) is 4.37. The average molecular weight is 366 g/mol. The molecule has 0 aromatic heterocycles. The number of esters is 1. The van der Waals surface area contributed by atoms with E-state index >= 15 is 0 Å². The van der Waals surface area contributed by atoms with Crippen LogP contribution in [0, 0.1) is 23.2 Å². The zero-order chi connectivity index (χ0) is 17.1. The average Bonchev–Trinajstić information content (AvgIpc) is 2.57. The van der Waals surface area contributed by atoms with Gasteiger partial charge in [-0.2, -0.15) is 0 Å². The lowest BCUT2D eigenvalue weighted by molar-refractivity contribution is -0.172. The van der Waals surface area contributed by atoms with Gasteiger partial charge in [0.1, 0.15) is 0 Å². The summed E-state index contributed by atoms with van der Waals surface area (Å²) in [5, 5.41) is 0. The van der Waals surface area contributed by atoms with E-state index in [2.05, 4.69) is 4.90 Å². The first-order chi connectivity index (χ1) is 12.1. The summed E-state index contributed by atoms with van der Waals surface area (Å²) < 4.78 is 6.04. The lowest BCUT2D eigenvalue weighted by atomic mass is 9.49. The van der Waals surface area contributed by atoms with Crippen LogP contribution >= 0.6 is 11.6 Å². The van der Waals surface area contributed by atoms with Crippen molar-refractivity contribution in [1.29, 1.82) is 0 Å². The molecule has 140 valence electrons. The molecule has 0 radical (unpaired) electrons. The summed E-state index contributed by atoms with van der Waals surface area (Å²) in [6, 6.07) is 0.658. The van der Waals surface area contributed by atoms with Crippen molar-refractivity contribution in [3.05, 3.63) is 0 Å². The van der Waals surface area contributed by atoms with Crippen LogP contribution in [-0.4, -0.2) is 41.5 Å². The first kappa shape index (κ1) is 16.9. The van der Waals surface area contributed by atoms with Gasteiger partial charge in [-0.1, -0.05) is 6.42 Å². The van der Waals surface area contributed by atoms with Crippen molar-refractivity contribution in [1.82, 2.24) is 4.90 Å². The Bertz CT molecular complexity index is 534. The molecule has 2 saturated heterocycles. The van der Waals surface area contributed by atoms with E-state index in [1.165, 1.54) is 51.6 Å². The molecule has 4 bridgehead atoms. The van der Waals surface area contributed by atoms with Gasteiger partial charge in [-0.3, -0.25) is 9.69 Å². The van der Waals surface area contributed by atoms with E-state index in [0.717, 1.165) is 32.1 Å². The van der Waals surface area contributed by atoms with Crippen molar-refractivity contribution in [3.8, 4) is 0 Å². The van der Waals surface area contributed by atoms with Crippen LogP contribution in [0.4, 0.5) is 0 Å². The summed E-state index contributed by atoms with van der Waals surface area (Å²) in [5.41, 5.74) is -0.243. The fraction of sp³-hybridized carbons (Fsp3) is 0.952. The van der Waals surface area contributed by atoms with Gasteiger partial charge in [0.15, 0.2) is 0 Å². The smallest absolute Gasteiger partial charge is 0.312 e. The largest absolute Gasteiger partial charge is 0.465 e. The van der Waals surface area contributed by atoms with Crippen LogP contribution in [0.15, 0.2) is 0 Å². The fourth-order valence-electron chi connectivity index (χ4n) is 7.50. The van der Waals surface area contributed by atoms with Crippen LogP contribution in [0.25, 0.3) is 0 Å². The number of hydrogen-bond acceptors (Lipinski definition) is 3. The number of nitrogens with zero attached hydrogens (tertiary/aromatic N) is 1. The quantitative estimate of drug-likeness (QED) is 0.549. The third-order valence-corrected chi connectivity index (χ3v) is 8.52. The van der Waals surface area contributed by atoms with Crippen molar-refractivity contribution in [2.24, 2.45) is 23.2 Å². The van der Waals surface area contributed by atoms with E-state index in [4.69, 9.17) is 16.3 Å². The van der Waals surface area contributed by atoms with Gasteiger partial charge in [0.25, 0.3) is 0 Å². The second kappa shape index (κ2) is 6.12. The van der Waals surface area contributed by atoms with Gasteiger partial charge >= 0.3 is 5.97 Å². The maximum atomic E-state index is 13.1. The minimum absolute atomic E-state index is 0.0968. The van der Waals surface area contributed by atoms with Crippen molar-refractivity contribution in [2.45, 2.75) is 81.5 Å². The van der Waals surface area contributed by atoms with Crippen molar-refractivity contribution in [3.63, 3.8) is 0 Å². The molecule has 0 amide bonds. The van der Waals surface area contributed by atoms with Gasteiger partial charge in [-0.25, -0.2) is 0 Å². The van der Waals surface area contributed by atoms with E-state index in [1.54, 1.807) is 0 Å². The number of rotatable bonds is 3. The molecule has 25 heavy (non-hydrogen) atoms. The van der Waals surface area contributed by atoms with Crippen LogP contribution in [0.1, 0.15) is 70.6 Å². The highest BCUT2D eigenvalue weighted by Crippen LogP contribution is 2.64. The van der Waals surface area contributed by atoms with Gasteiger partial charge in [-0.15, -0.1) is 11.6 Å². The van der Waals surface area contributed by atoms with Crippen molar-refractivity contribution in [2.75, 3.05) is 19.7 Å². The van der Waals surface area contributed by atoms with Gasteiger partial charge in [0.05, 0.1) is 12.0 Å².